The van der Waals surface area contributed by atoms with E-state index in [1.807, 2.05) is 13.0 Å². The summed E-state index contributed by atoms with van der Waals surface area (Å²) in [5.41, 5.74) is 3.20. The van der Waals surface area contributed by atoms with Crippen molar-refractivity contribution in [3.63, 3.8) is 0 Å². The molecule has 0 aromatic heterocycles. The second-order valence-corrected chi connectivity index (χ2v) is 5.96. The summed E-state index contributed by atoms with van der Waals surface area (Å²) < 4.78 is 0. The third-order valence-electron chi connectivity index (χ3n) is 4.36. The molecular formula is C19H24N2O. The maximum absolute atomic E-state index is 9.92. The Bertz CT molecular complexity index is 617. The predicted molar refractivity (Wildman–Crippen MR) is 91.0 cm³/mol. The Morgan fingerprint density at radius 1 is 1.36 bits per heavy atom. The molecule has 0 heterocycles. The molecular weight excluding hydrogens is 272 g/mol. The maximum Gasteiger partial charge on any atom is 0.117 e. The van der Waals surface area contributed by atoms with Crippen LogP contribution in [0.5, 0.6) is 5.75 Å². The van der Waals surface area contributed by atoms with Gasteiger partial charge in [-0.3, -0.25) is 0 Å². The van der Waals surface area contributed by atoms with Crippen LogP contribution < -0.4 is 5.32 Å². The van der Waals surface area contributed by atoms with E-state index in [2.05, 4.69) is 23.5 Å². The lowest BCUT2D eigenvalue weighted by Crippen LogP contribution is -2.05. The molecule has 3 nitrogen and oxygen atoms in total. The Morgan fingerprint density at radius 3 is 2.73 bits per heavy atom. The highest BCUT2D eigenvalue weighted by atomic mass is 16.3. The van der Waals surface area contributed by atoms with Crippen molar-refractivity contribution >= 4 is 11.6 Å². The third-order valence-corrected chi connectivity index (χ3v) is 4.36. The quantitative estimate of drug-likeness (QED) is 0.789. The average Bonchev–Trinajstić information content (AvgIpc) is 3.01. The molecule has 0 amide bonds. The fourth-order valence-corrected chi connectivity index (χ4v) is 3.06. The summed E-state index contributed by atoms with van der Waals surface area (Å²) in [6.07, 6.45) is 10.8. The number of nitrogens with one attached hydrogen (secondary N) is 1. The van der Waals surface area contributed by atoms with E-state index in [0.29, 0.717) is 5.70 Å². The molecule has 22 heavy (non-hydrogen) atoms. The number of hydrogen-bond donors (Lipinski definition) is 2. The molecule has 116 valence electrons. The lowest BCUT2D eigenvalue weighted by molar-refractivity contribution is 0.475. The average molecular weight is 296 g/mol. The highest BCUT2D eigenvalue weighted by Gasteiger charge is 2.12. The van der Waals surface area contributed by atoms with Crippen LogP contribution in [0, 0.1) is 17.2 Å². The van der Waals surface area contributed by atoms with Crippen molar-refractivity contribution in [2.24, 2.45) is 5.92 Å². The van der Waals surface area contributed by atoms with Gasteiger partial charge >= 0.3 is 0 Å². The molecule has 1 aromatic rings. The molecule has 3 heteroatoms. The third kappa shape index (κ3) is 4.14. The van der Waals surface area contributed by atoms with Gasteiger partial charge in [0.25, 0.3) is 0 Å². The summed E-state index contributed by atoms with van der Waals surface area (Å²) in [6.45, 7) is 1.88. The number of rotatable bonds is 5. The van der Waals surface area contributed by atoms with E-state index < -0.39 is 0 Å². The first-order valence-electron chi connectivity index (χ1n) is 7.93. The van der Waals surface area contributed by atoms with Gasteiger partial charge in [-0.15, -0.1) is 0 Å². The monoisotopic (exact) mass is 296 g/mol. The molecule has 0 atom stereocenters. The lowest BCUT2D eigenvalue weighted by atomic mass is 10.0. The number of nitriles is 1. The lowest BCUT2D eigenvalue weighted by Gasteiger charge is -2.08. The number of phenols is 1. The number of hydrogen-bond acceptors (Lipinski definition) is 3. The zero-order chi connectivity index (χ0) is 15.9. The van der Waals surface area contributed by atoms with Crippen LogP contribution in [0.4, 0.5) is 0 Å². The topological polar surface area (TPSA) is 56.0 Å². The van der Waals surface area contributed by atoms with E-state index in [-0.39, 0.29) is 5.75 Å². The Hall–Kier alpha value is -2.21. The van der Waals surface area contributed by atoms with Crippen LogP contribution in [0.1, 0.15) is 50.2 Å². The molecule has 1 saturated carbocycles. The molecule has 1 aromatic carbocycles. The second-order valence-electron chi connectivity index (χ2n) is 5.96. The minimum absolute atomic E-state index is 0.228. The van der Waals surface area contributed by atoms with Gasteiger partial charge in [0, 0.05) is 7.05 Å². The van der Waals surface area contributed by atoms with Gasteiger partial charge in [-0.2, -0.15) is 5.26 Å². The molecule has 2 N–H and O–H groups in total. The van der Waals surface area contributed by atoms with Crippen molar-refractivity contribution in [3.8, 4) is 11.8 Å². The van der Waals surface area contributed by atoms with E-state index in [4.69, 9.17) is 5.26 Å². The van der Waals surface area contributed by atoms with Crippen LogP contribution in [0.15, 0.2) is 30.0 Å². The summed E-state index contributed by atoms with van der Waals surface area (Å²) >= 11 is 0. The zero-order valence-corrected chi connectivity index (χ0v) is 13.4. The highest BCUT2D eigenvalue weighted by Crippen LogP contribution is 2.28. The fourth-order valence-electron chi connectivity index (χ4n) is 3.06. The minimum atomic E-state index is 0.228. The van der Waals surface area contributed by atoms with Crippen LogP contribution in [0.3, 0.4) is 0 Å². The molecule has 0 radical (unpaired) electrons. The van der Waals surface area contributed by atoms with Crippen molar-refractivity contribution in [2.45, 2.75) is 39.0 Å². The van der Waals surface area contributed by atoms with Crippen molar-refractivity contribution in [1.82, 2.24) is 5.32 Å². The van der Waals surface area contributed by atoms with Gasteiger partial charge in [0.1, 0.15) is 17.5 Å². The first-order chi connectivity index (χ1) is 10.6. The van der Waals surface area contributed by atoms with E-state index >= 15 is 0 Å². The van der Waals surface area contributed by atoms with Gasteiger partial charge in [-0.05, 0) is 54.2 Å². The SMILES string of the molecule is CN/C(C#N)=C(\C)c1cc(O)cc(/C=C/CC2CCCC2)c1. The first kappa shape index (κ1) is 16.2. The molecule has 1 aliphatic carbocycles. The van der Waals surface area contributed by atoms with Crippen molar-refractivity contribution in [3.05, 3.63) is 41.1 Å². The number of aromatic hydroxyl groups is 1. The van der Waals surface area contributed by atoms with Gasteiger partial charge < -0.3 is 10.4 Å². The van der Waals surface area contributed by atoms with E-state index in [1.165, 1.54) is 25.7 Å². The fraction of sp³-hybridized carbons (Fsp3) is 0.421. The number of phenolic OH excluding ortho intramolecular Hbond substituents is 1. The molecule has 0 spiro atoms. The Morgan fingerprint density at radius 2 is 2.09 bits per heavy atom. The van der Waals surface area contributed by atoms with E-state index in [0.717, 1.165) is 29.0 Å². The summed E-state index contributed by atoms with van der Waals surface area (Å²) in [7, 11) is 1.73. The van der Waals surface area contributed by atoms with Crippen LogP contribution in [0.2, 0.25) is 0 Å². The standard InChI is InChI=1S/C19H24N2O/c1-14(19(13-20)21-2)17-10-16(11-18(22)12-17)9-5-8-15-6-3-4-7-15/h5,9-12,15,21-22H,3-4,6-8H2,1-2H3/b9-5+,19-14+. The zero-order valence-electron chi connectivity index (χ0n) is 13.4. The molecule has 2 rings (SSSR count). The number of allylic oxidation sites excluding steroid dienone is 3. The number of benzene rings is 1. The molecule has 0 unspecified atom stereocenters. The van der Waals surface area contributed by atoms with Crippen molar-refractivity contribution < 1.29 is 5.11 Å². The first-order valence-corrected chi connectivity index (χ1v) is 7.93. The van der Waals surface area contributed by atoms with Gasteiger partial charge in [-0.1, -0.05) is 37.8 Å². The molecule has 0 saturated heterocycles. The summed E-state index contributed by atoms with van der Waals surface area (Å²) in [5, 5.41) is 21.9. The Balaban J connectivity index is 2.18. The highest BCUT2D eigenvalue weighted by molar-refractivity contribution is 5.72. The van der Waals surface area contributed by atoms with Crippen LogP contribution in [-0.2, 0) is 0 Å². The van der Waals surface area contributed by atoms with E-state index in [9.17, 15) is 5.11 Å². The summed E-state index contributed by atoms with van der Waals surface area (Å²) in [5.74, 6) is 1.05. The van der Waals surface area contributed by atoms with Crippen LogP contribution in [0.25, 0.3) is 11.6 Å². The predicted octanol–water partition coefficient (Wildman–Crippen LogP) is 4.46. The Labute approximate surface area is 133 Å². The smallest absolute Gasteiger partial charge is 0.117 e. The van der Waals surface area contributed by atoms with Crippen molar-refractivity contribution in [1.29, 1.82) is 5.26 Å². The molecule has 0 bridgehead atoms. The molecule has 1 fully saturated rings. The molecule has 1 aliphatic rings. The van der Waals surface area contributed by atoms with Gasteiger partial charge in [0.05, 0.1) is 0 Å². The summed E-state index contributed by atoms with van der Waals surface area (Å²) in [6, 6.07) is 7.60. The largest absolute Gasteiger partial charge is 0.508 e. The van der Waals surface area contributed by atoms with Crippen molar-refractivity contribution in [2.75, 3.05) is 7.05 Å². The minimum Gasteiger partial charge on any atom is -0.508 e. The van der Waals surface area contributed by atoms with Crippen LogP contribution >= 0.6 is 0 Å². The summed E-state index contributed by atoms with van der Waals surface area (Å²) in [4.78, 5) is 0. The van der Waals surface area contributed by atoms with E-state index in [1.54, 1.807) is 19.2 Å². The number of nitrogens with zero attached hydrogens (tertiary/aromatic N) is 1. The normalized spacial score (nSPS) is 16.6. The van der Waals surface area contributed by atoms with Gasteiger partial charge in [0.2, 0.25) is 0 Å². The van der Waals surface area contributed by atoms with Gasteiger partial charge in [0.15, 0.2) is 0 Å². The Kier molecular flexibility index (Phi) is 5.66. The maximum atomic E-state index is 9.92. The molecule has 0 aliphatic heterocycles. The second kappa shape index (κ2) is 7.70. The van der Waals surface area contributed by atoms with Crippen LogP contribution in [-0.4, -0.2) is 12.2 Å². The van der Waals surface area contributed by atoms with Gasteiger partial charge in [-0.25, -0.2) is 0 Å².